The van der Waals surface area contributed by atoms with E-state index in [1.54, 1.807) is 24.3 Å². The molecule has 0 unspecified atom stereocenters. The van der Waals surface area contributed by atoms with Gasteiger partial charge >= 0.3 is 0 Å². The molecule has 5 rings (SSSR count). The summed E-state index contributed by atoms with van der Waals surface area (Å²) in [6.07, 6.45) is 5.73. The Kier molecular flexibility index (Phi) is 5.03. The summed E-state index contributed by atoms with van der Waals surface area (Å²) in [6, 6.07) is 22.7. The van der Waals surface area contributed by atoms with Gasteiger partial charge in [-0.15, -0.1) is 0 Å². The third-order valence-corrected chi connectivity index (χ3v) is 5.66. The molecule has 3 aromatic rings. The molecule has 0 spiro atoms. The molecule has 6 heteroatoms. The van der Waals surface area contributed by atoms with Crippen LogP contribution in [0.25, 0.3) is 11.1 Å². The predicted molar refractivity (Wildman–Crippen MR) is 124 cm³/mol. The van der Waals surface area contributed by atoms with Crippen LogP contribution in [-0.2, 0) is 25.6 Å². The third kappa shape index (κ3) is 3.78. The van der Waals surface area contributed by atoms with Gasteiger partial charge in [0.05, 0.1) is 11.4 Å². The first-order chi connectivity index (χ1) is 16.0. The Morgan fingerprint density at radius 3 is 1.48 bits per heavy atom. The van der Waals surface area contributed by atoms with Crippen molar-refractivity contribution >= 4 is 35.0 Å². The highest BCUT2D eigenvalue weighted by molar-refractivity contribution is 6.28. The van der Waals surface area contributed by atoms with Gasteiger partial charge in [0.2, 0.25) is 0 Å². The fourth-order valence-electron chi connectivity index (χ4n) is 4.04. The summed E-state index contributed by atoms with van der Waals surface area (Å²) in [6.45, 7) is 0. The molecule has 4 amide bonds. The van der Waals surface area contributed by atoms with Crippen LogP contribution < -0.4 is 9.80 Å². The van der Waals surface area contributed by atoms with E-state index in [-0.39, 0.29) is 23.6 Å². The molecule has 6 nitrogen and oxygen atoms in total. The van der Waals surface area contributed by atoms with Gasteiger partial charge in [-0.3, -0.25) is 19.2 Å². The molecular formula is C27H18N2O4. The van der Waals surface area contributed by atoms with Crippen molar-refractivity contribution in [2.45, 2.75) is 6.42 Å². The standard InChI is InChI=1S/C27H18N2O4/c30-24-13-14-25(31)28(24)21-9-5-18(6-10-21)17-20-3-1-2-4-23(20)19-7-11-22(12-8-19)29-26(32)15-16-27(29)33/h1-16H,17H2. The number of hydrogen-bond acceptors (Lipinski definition) is 4. The van der Waals surface area contributed by atoms with Crippen molar-refractivity contribution in [2.24, 2.45) is 0 Å². The summed E-state index contributed by atoms with van der Waals surface area (Å²) < 4.78 is 0. The van der Waals surface area contributed by atoms with E-state index in [1.165, 1.54) is 24.3 Å². The molecule has 0 bridgehead atoms. The first-order valence-electron chi connectivity index (χ1n) is 10.4. The first kappa shape index (κ1) is 20.3. The molecule has 0 radical (unpaired) electrons. The SMILES string of the molecule is O=C1C=CC(=O)N1c1ccc(Cc2ccccc2-c2ccc(N3C(=O)C=CC3=O)cc2)cc1. The zero-order valence-electron chi connectivity index (χ0n) is 17.5. The number of hydrogen-bond donors (Lipinski definition) is 0. The molecule has 3 aromatic carbocycles. The fraction of sp³-hybridized carbons (Fsp3) is 0.0370. The number of carbonyl (C=O) groups excluding carboxylic acids is 4. The molecule has 2 aliphatic rings. The van der Waals surface area contributed by atoms with Crippen molar-refractivity contribution in [2.75, 3.05) is 9.80 Å². The molecule has 2 aliphatic heterocycles. The van der Waals surface area contributed by atoms with Gasteiger partial charge in [0.25, 0.3) is 23.6 Å². The number of imide groups is 2. The maximum Gasteiger partial charge on any atom is 0.258 e. The molecule has 0 fully saturated rings. The summed E-state index contributed by atoms with van der Waals surface area (Å²) in [7, 11) is 0. The average molecular weight is 434 g/mol. The van der Waals surface area contributed by atoms with Crippen molar-refractivity contribution < 1.29 is 19.2 Å². The number of amides is 4. The van der Waals surface area contributed by atoms with E-state index in [9.17, 15) is 19.2 Å². The molecule has 0 saturated carbocycles. The number of anilines is 2. The van der Waals surface area contributed by atoms with E-state index >= 15 is 0 Å². The second kappa shape index (κ2) is 8.16. The van der Waals surface area contributed by atoms with Gasteiger partial charge < -0.3 is 0 Å². The van der Waals surface area contributed by atoms with Gasteiger partial charge in [-0.2, -0.15) is 0 Å². The largest absolute Gasteiger partial charge is 0.269 e. The van der Waals surface area contributed by atoms with Crippen LogP contribution in [0.1, 0.15) is 11.1 Å². The molecule has 33 heavy (non-hydrogen) atoms. The second-order valence-corrected chi connectivity index (χ2v) is 7.74. The van der Waals surface area contributed by atoms with Gasteiger partial charge in [0.15, 0.2) is 0 Å². The summed E-state index contributed by atoms with van der Waals surface area (Å²) in [4.78, 5) is 49.9. The maximum absolute atomic E-state index is 11.9. The van der Waals surface area contributed by atoms with Crippen LogP contribution in [0.4, 0.5) is 11.4 Å². The van der Waals surface area contributed by atoms with E-state index in [2.05, 4.69) is 0 Å². The maximum atomic E-state index is 11.9. The monoisotopic (exact) mass is 434 g/mol. The van der Waals surface area contributed by atoms with Gasteiger partial charge in [-0.25, -0.2) is 9.80 Å². The minimum absolute atomic E-state index is 0.338. The minimum atomic E-state index is -0.343. The molecule has 0 atom stereocenters. The lowest BCUT2D eigenvalue weighted by atomic mass is 9.94. The Bertz CT molecular complexity index is 1320. The molecular weight excluding hydrogens is 416 g/mol. The lowest BCUT2D eigenvalue weighted by Crippen LogP contribution is -2.29. The first-order valence-corrected chi connectivity index (χ1v) is 10.4. The van der Waals surface area contributed by atoms with E-state index in [0.29, 0.717) is 17.8 Å². The minimum Gasteiger partial charge on any atom is -0.269 e. The lowest BCUT2D eigenvalue weighted by Gasteiger charge is -2.16. The van der Waals surface area contributed by atoms with E-state index in [0.717, 1.165) is 32.1 Å². The topological polar surface area (TPSA) is 74.8 Å². The molecule has 0 aliphatic carbocycles. The lowest BCUT2D eigenvalue weighted by molar-refractivity contribution is -0.121. The highest BCUT2D eigenvalue weighted by atomic mass is 16.2. The van der Waals surface area contributed by atoms with Gasteiger partial charge in [-0.1, -0.05) is 48.5 Å². The highest BCUT2D eigenvalue weighted by Crippen LogP contribution is 2.29. The summed E-state index contributed by atoms with van der Waals surface area (Å²) in [5, 5.41) is 0. The van der Waals surface area contributed by atoms with Crippen LogP contribution >= 0.6 is 0 Å². The Balaban J connectivity index is 1.37. The van der Waals surface area contributed by atoms with E-state index < -0.39 is 0 Å². The number of carbonyl (C=O) groups is 4. The van der Waals surface area contributed by atoms with Crippen molar-refractivity contribution in [3.63, 3.8) is 0 Å². The zero-order chi connectivity index (χ0) is 22.9. The van der Waals surface area contributed by atoms with Crippen LogP contribution in [0.5, 0.6) is 0 Å². The fourth-order valence-corrected chi connectivity index (χ4v) is 4.04. The highest BCUT2D eigenvalue weighted by Gasteiger charge is 2.26. The molecule has 0 N–H and O–H groups in total. The number of rotatable bonds is 5. The van der Waals surface area contributed by atoms with E-state index in [1.807, 2.05) is 48.5 Å². The summed E-state index contributed by atoms with van der Waals surface area (Å²) in [5.41, 5.74) is 5.23. The summed E-state index contributed by atoms with van der Waals surface area (Å²) in [5.74, 6) is -1.36. The summed E-state index contributed by atoms with van der Waals surface area (Å²) >= 11 is 0. The number of benzene rings is 3. The number of nitrogens with zero attached hydrogens (tertiary/aromatic N) is 2. The van der Waals surface area contributed by atoms with Crippen LogP contribution in [-0.4, -0.2) is 23.6 Å². The quantitative estimate of drug-likeness (QED) is 0.573. The second-order valence-electron chi connectivity index (χ2n) is 7.74. The normalized spacial score (nSPS) is 15.3. The molecule has 2 heterocycles. The Morgan fingerprint density at radius 1 is 0.515 bits per heavy atom. The van der Waals surface area contributed by atoms with Crippen LogP contribution in [0.15, 0.2) is 97.1 Å². The smallest absolute Gasteiger partial charge is 0.258 e. The Hall–Kier alpha value is -4.58. The third-order valence-electron chi connectivity index (χ3n) is 5.66. The molecule has 0 saturated heterocycles. The van der Waals surface area contributed by atoms with Crippen molar-refractivity contribution in [1.82, 2.24) is 0 Å². The van der Waals surface area contributed by atoms with Crippen molar-refractivity contribution in [3.8, 4) is 11.1 Å². The van der Waals surface area contributed by atoms with Gasteiger partial charge in [0.1, 0.15) is 0 Å². The molecule has 160 valence electrons. The van der Waals surface area contributed by atoms with Gasteiger partial charge in [0, 0.05) is 24.3 Å². The van der Waals surface area contributed by atoms with Crippen LogP contribution in [0.3, 0.4) is 0 Å². The molecule has 0 aromatic heterocycles. The van der Waals surface area contributed by atoms with E-state index in [4.69, 9.17) is 0 Å². The van der Waals surface area contributed by atoms with Crippen LogP contribution in [0.2, 0.25) is 0 Å². The van der Waals surface area contributed by atoms with Gasteiger partial charge in [-0.05, 0) is 52.9 Å². The predicted octanol–water partition coefficient (Wildman–Crippen LogP) is 3.80. The average Bonchev–Trinajstić information content (AvgIpc) is 3.35. The Labute approximate surface area is 190 Å². The zero-order valence-corrected chi connectivity index (χ0v) is 17.5. The Morgan fingerprint density at radius 2 is 0.970 bits per heavy atom. The van der Waals surface area contributed by atoms with Crippen molar-refractivity contribution in [1.29, 1.82) is 0 Å². The van der Waals surface area contributed by atoms with Crippen LogP contribution in [0, 0.1) is 0 Å². The van der Waals surface area contributed by atoms with Crippen molar-refractivity contribution in [3.05, 3.63) is 108 Å².